The first-order valence-electron chi connectivity index (χ1n) is 6.32. The number of non-ortho nitro benzene ring substituents is 1. The van der Waals surface area contributed by atoms with Crippen molar-refractivity contribution in [2.45, 2.75) is 25.3 Å². The van der Waals surface area contributed by atoms with Crippen LogP contribution in [-0.4, -0.2) is 29.2 Å². The molecule has 2 rings (SSSR count). The van der Waals surface area contributed by atoms with Gasteiger partial charge < -0.3 is 15.2 Å². The molecule has 2 N–H and O–H groups in total. The number of nitro groups is 1. The lowest BCUT2D eigenvalue weighted by molar-refractivity contribution is -0.384. The van der Waals surface area contributed by atoms with E-state index in [0.717, 1.165) is 6.42 Å². The van der Waals surface area contributed by atoms with Gasteiger partial charge in [0, 0.05) is 23.9 Å². The Morgan fingerprint density at radius 1 is 1.45 bits per heavy atom. The molecule has 1 aromatic rings. The first-order valence-corrected chi connectivity index (χ1v) is 6.32. The molecule has 7 nitrogen and oxygen atoms in total. The number of nitrogens with zero attached hydrogens (tertiary/aromatic N) is 1. The second-order valence-electron chi connectivity index (χ2n) is 4.87. The van der Waals surface area contributed by atoms with Gasteiger partial charge in [-0.1, -0.05) is 0 Å². The van der Waals surface area contributed by atoms with Crippen LogP contribution in [0.3, 0.4) is 0 Å². The van der Waals surface area contributed by atoms with Crippen LogP contribution in [0, 0.1) is 16.0 Å². The van der Waals surface area contributed by atoms with Crippen molar-refractivity contribution in [3.05, 3.63) is 28.3 Å². The normalized spacial score (nSPS) is 21.4. The summed E-state index contributed by atoms with van der Waals surface area (Å²) in [5, 5.41) is 23.0. The van der Waals surface area contributed by atoms with Crippen molar-refractivity contribution in [1.29, 1.82) is 0 Å². The zero-order chi connectivity index (χ0) is 14.7. The summed E-state index contributed by atoms with van der Waals surface area (Å²) in [6, 6.07) is 4.46. The van der Waals surface area contributed by atoms with E-state index in [9.17, 15) is 14.9 Å². The number of carbonyl (C=O) groups is 1. The summed E-state index contributed by atoms with van der Waals surface area (Å²) in [4.78, 5) is 21.3. The van der Waals surface area contributed by atoms with E-state index >= 15 is 0 Å². The highest BCUT2D eigenvalue weighted by atomic mass is 16.6. The number of nitro benzene ring substituents is 1. The second-order valence-corrected chi connectivity index (χ2v) is 4.87. The van der Waals surface area contributed by atoms with Gasteiger partial charge in [0.25, 0.3) is 5.69 Å². The molecule has 108 valence electrons. The molecule has 1 aliphatic rings. The Morgan fingerprint density at radius 2 is 2.20 bits per heavy atom. The van der Waals surface area contributed by atoms with Crippen LogP contribution in [0.15, 0.2) is 18.2 Å². The fraction of sp³-hybridized carbons (Fsp3) is 0.462. The number of anilines is 1. The van der Waals surface area contributed by atoms with Crippen LogP contribution in [0.4, 0.5) is 11.4 Å². The van der Waals surface area contributed by atoms with E-state index in [2.05, 4.69) is 5.32 Å². The van der Waals surface area contributed by atoms with Crippen LogP contribution in [0.1, 0.15) is 19.3 Å². The Hall–Kier alpha value is -2.31. The maximum absolute atomic E-state index is 10.9. The van der Waals surface area contributed by atoms with E-state index in [1.54, 1.807) is 6.07 Å². The molecule has 7 heteroatoms. The molecular weight excluding hydrogens is 264 g/mol. The smallest absolute Gasteiger partial charge is 0.306 e. The molecular formula is C13H16N2O5. The first kappa shape index (κ1) is 14.1. The molecule has 20 heavy (non-hydrogen) atoms. The zero-order valence-electron chi connectivity index (χ0n) is 11.0. The van der Waals surface area contributed by atoms with Crippen LogP contribution in [0.2, 0.25) is 0 Å². The fourth-order valence-electron chi connectivity index (χ4n) is 2.46. The summed E-state index contributed by atoms with van der Waals surface area (Å²) in [7, 11) is 1.44. The van der Waals surface area contributed by atoms with Gasteiger partial charge in [0.2, 0.25) is 0 Å². The van der Waals surface area contributed by atoms with Crippen molar-refractivity contribution < 1.29 is 19.6 Å². The number of carboxylic acids is 1. The Kier molecular flexibility index (Phi) is 4.07. The monoisotopic (exact) mass is 280 g/mol. The maximum atomic E-state index is 10.9. The highest BCUT2D eigenvalue weighted by Crippen LogP contribution is 2.31. The lowest BCUT2D eigenvalue weighted by Gasteiger charge is -2.14. The Balaban J connectivity index is 2.11. The molecule has 0 heterocycles. The molecule has 0 bridgehead atoms. The lowest BCUT2D eigenvalue weighted by Crippen LogP contribution is -2.18. The largest absolute Gasteiger partial charge is 0.496 e. The number of hydrogen-bond donors (Lipinski definition) is 2. The molecule has 1 fully saturated rings. The Bertz CT molecular complexity index is 531. The Labute approximate surface area is 115 Å². The number of hydrogen-bond acceptors (Lipinski definition) is 5. The number of methoxy groups -OCH3 is 1. The number of ether oxygens (including phenoxy) is 1. The van der Waals surface area contributed by atoms with Crippen molar-refractivity contribution >= 4 is 17.3 Å². The molecule has 0 radical (unpaired) electrons. The summed E-state index contributed by atoms with van der Waals surface area (Å²) < 4.78 is 5.03. The topological polar surface area (TPSA) is 102 Å². The number of carboxylic acid groups (broad SMARTS) is 1. The summed E-state index contributed by atoms with van der Waals surface area (Å²) in [6.45, 7) is 0. The molecule has 0 amide bonds. The van der Waals surface area contributed by atoms with Gasteiger partial charge in [-0.25, -0.2) is 0 Å². The van der Waals surface area contributed by atoms with E-state index in [0.29, 0.717) is 24.3 Å². The SMILES string of the molecule is COc1cc(NC2CCC(C(=O)O)C2)cc([N+](=O)[O-])c1. The molecule has 2 unspecified atom stereocenters. The van der Waals surface area contributed by atoms with Crippen molar-refractivity contribution in [3.8, 4) is 5.75 Å². The standard InChI is InChI=1S/C13H16N2O5/c1-20-12-6-10(5-11(7-12)15(18)19)14-9-3-2-8(4-9)13(16)17/h5-9,14H,2-4H2,1H3,(H,16,17). The van der Waals surface area contributed by atoms with Gasteiger partial charge in [-0.15, -0.1) is 0 Å². The minimum atomic E-state index is -0.786. The molecule has 0 saturated heterocycles. The predicted molar refractivity (Wildman–Crippen MR) is 72.0 cm³/mol. The molecule has 0 spiro atoms. The van der Waals surface area contributed by atoms with Crippen molar-refractivity contribution in [3.63, 3.8) is 0 Å². The quantitative estimate of drug-likeness (QED) is 0.633. The number of aliphatic carboxylic acids is 1. The third kappa shape index (κ3) is 3.17. The first-order chi connectivity index (χ1) is 9.49. The van der Waals surface area contributed by atoms with E-state index in [4.69, 9.17) is 9.84 Å². The van der Waals surface area contributed by atoms with Crippen LogP contribution in [-0.2, 0) is 4.79 Å². The van der Waals surface area contributed by atoms with Crippen LogP contribution in [0.25, 0.3) is 0 Å². The Morgan fingerprint density at radius 3 is 2.75 bits per heavy atom. The van der Waals surface area contributed by atoms with Gasteiger partial charge in [-0.2, -0.15) is 0 Å². The van der Waals surface area contributed by atoms with Gasteiger partial charge in [-0.05, 0) is 19.3 Å². The van der Waals surface area contributed by atoms with Gasteiger partial charge in [0.05, 0.1) is 24.0 Å². The third-order valence-corrected chi connectivity index (χ3v) is 3.49. The molecule has 0 aromatic heterocycles. The van der Waals surface area contributed by atoms with Crippen LogP contribution < -0.4 is 10.1 Å². The van der Waals surface area contributed by atoms with Gasteiger partial charge in [0.1, 0.15) is 5.75 Å². The maximum Gasteiger partial charge on any atom is 0.306 e. The number of nitrogens with one attached hydrogen (secondary N) is 1. The highest BCUT2D eigenvalue weighted by Gasteiger charge is 2.29. The third-order valence-electron chi connectivity index (χ3n) is 3.49. The van der Waals surface area contributed by atoms with Crippen molar-refractivity contribution in [1.82, 2.24) is 0 Å². The molecule has 1 saturated carbocycles. The fourth-order valence-corrected chi connectivity index (χ4v) is 2.46. The summed E-state index contributed by atoms with van der Waals surface area (Å²) in [5.41, 5.74) is 0.520. The number of benzene rings is 1. The highest BCUT2D eigenvalue weighted by molar-refractivity contribution is 5.70. The summed E-state index contributed by atoms with van der Waals surface area (Å²) >= 11 is 0. The van der Waals surface area contributed by atoms with Crippen LogP contribution >= 0.6 is 0 Å². The van der Waals surface area contributed by atoms with Gasteiger partial charge >= 0.3 is 5.97 Å². The van der Waals surface area contributed by atoms with E-state index in [-0.39, 0.29) is 17.6 Å². The minimum Gasteiger partial charge on any atom is -0.496 e. The van der Waals surface area contributed by atoms with Crippen molar-refractivity contribution in [2.24, 2.45) is 5.92 Å². The second kappa shape index (κ2) is 5.77. The average molecular weight is 280 g/mol. The van der Waals surface area contributed by atoms with E-state index in [1.807, 2.05) is 0 Å². The van der Waals surface area contributed by atoms with Crippen LogP contribution in [0.5, 0.6) is 5.75 Å². The minimum absolute atomic E-state index is 0.0165. The molecule has 1 aromatic carbocycles. The number of rotatable bonds is 5. The molecule has 0 aliphatic heterocycles. The van der Waals surface area contributed by atoms with E-state index in [1.165, 1.54) is 19.2 Å². The molecule has 2 atom stereocenters. The summed E-state index contributed by atoms with van der Waals surface area (Å²) in [5.74, 6) is -0.728. The van der Waals surface area contributed by atoms with Gasteiger partial charge in [-0.3, -0.25) is 14.9 Å². The lowest BCUT2D eigenvalue weighted by atomic mass is 10.1. The zero-order valence-corrected chi connectivity index (χ0v) is 11.0. The van der Waals surface area contributed by atoms with Gasteiger partial charge in [0.15, 0.2) is 0 Å². The van der Waals surface area contributed by atoms with E-state index < -0.39 is 10.9 Å². The average Bonchev–Trinajstić information content (AvgIpc) is 2.87. The predicted octanol–water partition coefficient (Wildman–Crippen LogP) is 2.27. The molecule has 1 aliphatic carbocycles. The summed E-state index contributed by atoms with van der Waals surface area (Å²) in [6.07, 6.45) is 1.89. The van der Waals surface area contributed by atoms with Crippen molar-refractivity contribution in [2.75, 3.05) is 12.4 Å².